The molecule has 0 atom stereocenters. The molecule has 0 saturated carbocycles. The molecule has 2 aromatic heterocycles. The first kappa shape index (κ1) is 34.0. The first-order valence-corrected chi connectivity index (χ1v) is 15.8. The molecule has 0 aromatic carbocycles. The number of carbonyl (C=O) groups is 2. The van der Waals surface area contributed by atoms with Gasteiger partial charge in [-0.2, -0.15) is 10.5 Å². The number of allylic oxidation sites excluding steroid dienone is 2. The summed E-state index contributed by atoms with van der Waals surface area (Å²) in [6.07, 6.45) is 13.4. The Labute approximate surface area is 269 Å². The van der Waals surface area contributed by atoms with E-state index < -0.39 is 0 Å². The minimum Gasteiger partial charge on any atom is -0.396 e. The number of Topliss-reactive ketones (excluding diaryl/α,β-unsaturated/α-hetero) is 2. The first-order valence-electron chi connectivity index (χ1n) is 15.5. The van der Waals surface area contributed by atoms with E-state index in [2.05, 4.69) is 26.3 Å². The maximum atomic E-state index is 12.2. The fourth-order valence-electron chi connectivity index (χ4n) is 6.16. The number of fused-ring (bicyclic) bond motifs is 2. The van der Waals surface area contributed by atoms with Gasteiger partial charge in [0.25, 0.3) is 0 Å². The summed E-state index contributed by atoms with van der Waals surface area (Å²) in [5, 5.41) is 39.3. The number of aliphatic hydroxyl groups excluding tert-OH is 2. The van der Waals surface area contributed by atoms with Gasteiger partial charge < -0.3 is 20.4 Å². The Balaban J connectivity index is 0.000000171. The van der Waals surface area contributed by atoms with Crippen molar-refractivity contribution in [1.29, 1.82) is 10.5 Å². The topological polar surface area (TPSA) is 163 Å². The lowest BCUT2D eigenvalue weighted by atomic mass is 9.87. The number of pyridine rings is 2. The van der Waals surface area contributed by atoms with Gasteiger partial charge >= 0.3 is 0 Å². The van der Waals surface area contributed by atoms with Crippen molar-refractivity contribution < 1.29 is 19.8 Å². The van der Waals surface area contributed by atoms with Gasteiger partial charge in [-0.25, -0.2) is 0 Å². The number of hydrogen-bond acceptors (Lipinski definition) is 10. The van der Waals surface area contributed by atoms with Gasteiger partial charge in [0.15, 0.2) is 11.6 Å². The summed E-state index contributed by atoms with van der Waals surface area (Å²) in [6.45, 7) is 4.52. The maximum absolute atomic E-state index is 12.2. The second-order valence-corrected chi connectivity index (χ2v) is 11.9. The fourth-order valence-corrected chi connectivity index (χ4v) is 6.50. The number of piperidine rings is 2. The Kier molecular flexibility index (Phi) is 12.8. The van der Waals surface area contributed by atoms with Crippen molar-refractivity contribution in [2.45, 2.75) is 51.4 Å². The number of hydrogen-bond donors (Lipinski definition) is 3. The molecule has 4 heterocycles. The zero-order valence-corrected chi connectivity index (χ0v) is 26.1. The molecule has 0 bridgehead atoms. The number of nitriles is 2. The Hall–Kier alpha value is -3.93. The molecule has 0 spiro atoms. The molecule has 45 heavy (non-hydrogen) atoms. The summed E-state index contributed by atoms with van der Waals surface area (Å²) in [4.78, 5) is 33.8. The number of halogens is 1. The average molecular weight is 631 g/mol. The minimum absolute atomic E-state index is 0.0466. The third kappa shape index (κ3) is 8.62. The van der Waals surface area contributed by atoms with Crippen LogP contribution < -0.4 is 5.32 Å². The molecule has 2 fully saturated rings. The van der Waals surface area contributed by atoms with Crippen LogP contribution in [0.1, 0.15) is 60.8 Å². The van der Waals surface area contributed by atoms with E-state index in [9.17, 15) is 14.9 Å². The SMILES string of the molecule is N#CC1=C(Cl)c2ccncc2CC1=O.N#CC1=C(N2CCC(CCO)CC2)c2ccncc2CC1=O.OCCC1CCNCC1. The van der Waals surface area contributed by atoms with Gasteiger partial charge in [-0.05, 0) is 86.7 Å². The molecule has 0 unspecified atom stereocenters. The first-order chi connectivity index (χ1) is 21.9. The van der Waals surface area contributed by atoms with E-state index in [4.69, 9.17) is 27.1 Å². The summed E-state index contributed by atoms with van der Waals surface area (Å²) in [6, 6.07) is 7.54. The largest absolute Gasteiger partial charge is 0.396 e. The van der Waals surface area contributed by atoms with Crippen molar-refractivity contribution in [1.82, 2.24) is 20.2 Å². The van der Waals surface area contributed by atoms with E-state index in [1.165, 1.54) is 12.8 Å². The molecule has 4 aliphatic rings. The number of aromatic nitrogens is 2. The molecular formula is C34H39ClN6O4. The summed E-state index contributed by atoms with van der Waals surface area (Å²) >= 11 is 5.92. The summed E-state index contributed by atoms with van der Waals surface area (Å²) in [5.74, 6) is 0.966. The van der Waals surface area contributed by atoms with Crippen molar-refractivity contribution in [3.63, 3.8) is 0 Å². The van der Waals surface area contributed by atoms with Crippen LogP contribution in [0.5, 0.6) is 0 Å². The predicted octanol–water partition coefficient (Wildman–Crippen LogP) is 3.58. The van der Waals surface area contributed by atoms with Crippen molar-refractivity contribution >= 4 is 33.9 Å². The van der Waals surface area contributed by atoms with Crippen molar-refractivity contribution in [2.75, 3.05) is 39.4 Å². The molecule has 10 nitrogen and oxygen atoms in total. The highest BCUT2D eigenvalue weighted by Crippen LogP contribution is 2.35. The van der Waals surface area contributed by atoms with Gasteiger partial charge in [0, 0.05) is 75.1 Å². The van der Waals surface area contributed by atoms with E-state index in [0.29, 0.717) is 12.5 Å². The number of rotatable bonds is 5. The second kappa shape index (κ2) is 17.0. The van der Waals surface area contributed by atoms with Crippen LogP contribution in [-0.2, 0) is 22.4 Å². The van der Waals surface area contributed by atoms with Gasteiger partial charge in [0.2, 0.25) is 0 Å². The monoisotopic (exact) mass is 630 g/mol. The van der Waals surface area contributed by atoms with Gasteiger partial charge in [-0.1, -0.05) is 11.6 Å². The van der Waals surface area contributed by atoms with Gasteiger partial charge in [0.1, 0.15) is 23.3 Å². The fraction of sp³-hybridized carbons (Fsp3) is 0.471. The normalized spacial score (nSPS) is 18.5. The van der Waals surface area contributed by atoms with Crippen LogP contribution in [0, 0.1) is 34.5 Å². The summed E-state index contributed by atoms with van der Waals surface area (Å²) < 4.78 is 0. The summed E-state index contributed by atoms with van der Waals surface area (Å²) in [7, 11) is 0. The maximum Gasteiger partial charge on any atom is 0.179 e. The zero-order chi connectivity index (χ0) is 32.2. The van der Waals surface area contributed by atoms with E-state index in [0.717, 1.165) is 85.7 Å². The molecular weight excluding hydrogens is 592 g/mol. The minimum atomic E-state index is -0.238. The lowest BCUT2D eigenvalue weighted by Gasteiger charge is -2.37. The van der Waals surface area contributed by atoms with Crippen LogP contribution >= 0.6 is 11.6 Å². The third-order valence-corrected chi connectivity index (χ3v) is 9.10. The predicted molar refractivity (Wildman–Crippen MR) is 170 cm³/mol. The van der Waals surface area contributed by atoms with Gasteiger partial charge in [0.05, 0.1) is 10.7 Å². The second-order valence-electron chi connectivity index (χ2n) is 11.6. The number of nitrogens with one attached hydrogen (secondary N) is 1. The lowest BCUT2D eigenvalue weighted by molar-refractivity contribution is -0.115. The molecule has 3 N–H and O–H groups in total. The van der Waals surface area contributed by atoms with E-state index >= 15 is 0 Å². The molecule has 236 valence electrons. The Bertz CT molecular complexity index is 1510. The molecule has 2 aliphatic carbocycles. The Morgan fingerprint density at radius 3 is 1.89 bits per heavy atom. The molecule has 2 aromatic rings. The highest BCUT2D eigenvalue weighted by Gasteiger charge is 2.31. The third-order valence-electron chi connectivity index (χ3n) is 8.70. The van der Waals surface area contributed by atoms with E-state index in [1.54, 1.807) is 30.9 Å². The zero-order valence-electron chi connectivity index (χ0n) is 25.3. The van der Waals surface area contributed by atoms with Crippen molar-refractivity contribution in [2.24, 2.45) is 11.8 Å². The molecule has 0 amide bonds. The average Bonchev–Trinajstić information content (AvgIpc) is 3.06. The van der Waals surface area contributed by atoms with Crippen LogP contribution in [0.25, 0.3) is 10.7 Å². The summed E-state index contributed by atoms with van der Waals surface area (Å²) in [5.41, 5.74) is 4.48. The van der Waals surface area contributed by atoms with Gasteiger partial charge in [-0.3, -0.25) is 19.6 Å². The van der Waals surface area contributed by atoms with Crippen LogP contribution in [0.15, 0.2) is 48.1 Å². The number of ketones is 2. The van der Waals surface area contributed by atoms with Crippen LogP contribution in [0.4, 0.5) is 0 Å². The van der Waals surface area contributed by atoms with Crippen LogP contribution in [0.3, 0.4) is 0 Å². The molecule has 6 rings (SSSR count). The number of likely N-dealkylation sites (tertiary alicyclic amines) is 1. The van der Waals surface area contributed by atoms with Crippen molar-refractivity contribution in [3.8, 4) is 12.1 Å². The molecule has 2 saturated heterocycles. The van der Waals surface area contributed by atoms with Crippen molar-refractivity contribution in [3.05, 3.63) is 70.3 Å². The van der Waals surface area contributed by atoms with E-state index in [1.807, 2.05) is 12.1 Å². The highest BCUT2D eigenvalue weighted by molar-refractivity contribution is 6.52. The smallest absolute Gasteiger partial charge is 0.179 e. The molecule has 0 radical (unpaired) electrons. The highest BCUT2D eigenvalue weighted by atomic mass is 35.5. The molecule has 2 aliphatic heterocycles. The Morgan fingerprint density at radius 2 is 1.33 bits per heavy atom. The van der Waals surface area contributed by atoms with E-state index in [-0.39, 0.29) is 47.2 Å². The van der Waals surface area contributed by atoms with Gasteiger partial charge in [-0.15, -0.1) is 0 Å². The Morgan fingerprint density at radius 1 is 0.822 bits per heavy atom. The number of nitrogens with zero attached hydrogens (tertiary/aromatic N) is 5. The number of carbonyl (C=O) groups excluding carboxylic acids is 2. The van der Waals surface area contributed by atoms with Crippen LogP contribution in [-0.4, -0.2) is 76.0 Å². The lowest BCUT2D eigenvalue weighted by Crippen LogP contribution is -2.35. The quantitative estimate of drug-likeness (QED) is 0.445. The number of aliphatic hydroxyl groups is 2. The standard InChI is InChI=1S/C17H19N3O2.C10H5ClN2O.C7H15NO/c18-10-15-16(22)9-13-11-19-5-1-14(13)17(15)20-6-2-12(3-7-20)4-8-21;11-10-7-1-2-13-5-6(7)3-9(14)8(10)4-12;9-6-3-7-1-4-8-5-2-7/h1,5,11-12,21H,2-4,6-9H2;1-2,5H,3H2;7-9H,1-6H2. The molecule has 11 heteroatoms. The van der Waals surface area contributed by atoms with Crippen LogP contribution in [0.2, 0.25) is 0 Å².